The van der Waals surface area contributed by atoms with Gasteiger partial charge in [0.1, 0.15) is 5.75 Å². The molecule has 1 heterocycles. The standard InChI is InChI=1S/C14H18N2O3S/c1-7(17)15-8-5-9(20-4)12-11(13(8)19)14(2,3)6-10(18)16-12/h5,19H,6H2,1-4H3,(H,15,17)(H,16,18). The average Bonchev–Trinajstić information content (AvgIpc) is 2.30. The highest BCUT2D eigenvalue weighted by molar-refractivity contribution is 7.98. The van der Waals surface area contributed by atoms with E-state index >= 15 is 0 Å². The summed E-state index contributed by atoms with van der Waals surface area (Å²) >= 11 is 1.46. The van der Waals surface area contributed by atoms with Crippen LogP contribution in [0.1, 0.15) is 32.8 Å². The quantitative estimate of drug-likeness (QED) is 0.579. The Morgan fingerprint density at radius 3 is 2.70 bits per heavy atom. The van der Waals surface area contributed by atoms with Crippen LogP contribution in [0, 0.1) is 0 Å². The van der Waals surface area contributed by atoms with Gasteiger partial charge in [0.05, 0.1) is 11.4 Å². The van der Waals surface area contributed by atoms with Crippen LogP contribution in [0.4, 0.5) is 11.4 Å². The van der Waals surface area contributed by atoms with Gasteiger partial charge in [-0.2, -0.15) is 0 Å². The number of thioether (sulfide) groups is 1. The third-order valence-electron chi connectivity index (χ3n) is 3.34. The molecule has 0 saturated carbocycles. The van der Waals surface area contributed by atoms with Crippen LogP contribution in [-0.2, 0) is 15.0 Å². The van der Waals surface area contributed by atoms with Crippen molar-refractivity contribution in [2.75, 3.05) is 16.9 Å². The van der Waals surface area contributed by atoms with E-state index in [1.807, 2.05) is 20.1 Å². The number of hydrogen-bond donors (Lipinski definition) is 3. The predicted octanol–water partition coefficient (Wildman–Crippen LogP) is 2.69. The van der Waals surface area contributed by atoms with E-state index < -0.39 is 5.41 Å². The summed E-state index contributed by atoms with van der Waals surface area (Å²) in [7, 11) is 0. The van der Waals surface area contributed by atoms with Gasteiger partial charge in [0.25, 0.3) is 0 Å². The highest BCUT2D eigenvalue weighted by Crippen LogP contribution is 2.49. The van der Waals surface area contributed by atoms with Gasteiger partial charge in [0, 0.05) is 29.2 Å². The van der Waals surface area contributed by atoms with Gasteiger partial charge >= 0.3 is 0 Å². The molecule has 1 aromatic rings. The zero-order valence-corrected chi connectivity index (χ0v) is 12.8. The van der Waals surface area contributed by atoms with E-state index in [-0.39, 0.29) is 17.6 Å². The lowest BCUT2D eigenvalue weighted by Gasteiger charge is -2.34. The maximum absolute atomic E-state index is 11.8. The molecule has 0 aliphatic carbocycles. The third kappa shape index (κ3) is 2.47. The highest BCUT2D eigenvalue weighted by Gasteiger charge is 2.37. The lowest BCUT2D eigenvalue weighted by molar-refractivity contribution is -0.117. The van der Waals surface area contributed by atoms with Crippen molar-refractivity contribution in [3.05, 3.63) is 11.6 Å². The normalized spacial score (nSPS) is 16.3. The molecule has 1 aliphatic rings. The number of carbonyl (C=O) groups excluding carboxylic acids is 2. The first-order chi connectivity index (χ1) is 9.26. The number of amides is 2. The number of benzene rings is 1. The SMILES string of the molecule is CSc1cc(NC(C)=O)c(O)c2c1NC(=O)CC2(C)C. The summed E-state index contributed by atoms with van der Waals surface area (Å²) in [6, 6.07) is 1.68. The van der Waals surface area contributed by atoms with Crippen LogP contribution in [0.5, 0.6) is 5.75 Å². The lowest BCUT2D eigenvalue weighted by Crippen LogP contribution is -2.33. The van der Waals surface area contributed by atoms with Gasteiger partial charge < -0.3 is 15.7 Å². The lowest BCUT2D eigenvalue weighted by atomic mass is 9.77. The van der Waals surface area contributed by atoms with Gasteiger partial charge in [-0.3, -0.25) is 9.59 Å². The third-order valence-corrected chi connectivity index (χ3v) is 4.10. The molecule has 0 unspecified atom stereocenters. The number of rotatable bonds is 2. The molecule has 108 valence electrons. The van der Waals surface area contributed by atoms with Crippen LogP contribution in [0.15, 0.2) is 11.0 Å². The number of hydrogen-bond acceptors (Lipinski definition) is 4. The number of phenols is 1. The molecule has 0 spiro atoms. The fourth-order valence-corrected chi connectivity index (χ4v) is 3.14. The minimum absolute atomic E-state index is 0.0259. The average molecular weight is 294 g/mol. The molecule has 0 bridgehead atoms. The predicted molar refractivity (Wildman–Crippen MR) is 80.5 cm³/mol. The van der Waals surface area contributed by atoms with E-state index in [1.165, 1.54) is 18.7 Å². The van der Waals surface area contributed by atoms with Gasteiger partial charge in [0.2, 0.25) is 11.8 Å². The fourth-order valence-electron chi connectivity index (χ4n) is 2.55. The topological polar surface area (TPSA) is 78.4 Å². The van der Waals surface area contributed by atoms with E-state index in [9.17, 15) is 14.7 Å². The summed E-state index contributed by atoms with van der Waals surface area (Å²) in [5.74, 6) is -0.285. The number of carbonyl (C=O) groups is 2. The zero-order valence-electron chi connectivity index (χ0n) is 12.0. The second kappa shape index (κ2) is 5.01. The van der Waals surface area contributed by atoms with Crippen LogP contribution in [0.3, 0.4) is 0 Å². The Hall–Kier alpha value is -1.69. The smallest absolute Gasteiger partial charge is 0.225 e. The van der Waals surface area contributed by atoms with Crippen LogP contribution in [0.25, 0.3) is 0 Å². The summed E-state index contributed by atoms with van der Waals surface area (Å²) in [5.41, 5.74) is 1.21. The molecule has 1 aromatic carbocycles. The van der Waals surface area contributed by atoms with Crippen molar-refractivity contribution in [2.24, 2.45) is 0 Å². The van der Waals surface area contributed by atoms with Crippen molar-refractivity contribution >= 4 is 35.0 Å². The second-order valence-electron chi connectivity index (χ2n) is 5.52. The van der Waals surface area contributed by atoms with Crippen LogP contribution in [-0.4, -0.2) is 23.2 Å². The molecule has 20 heavy (non-hydrogen) atoms. The molecule has 5 nitrogen and oxygen atoms in total. The number of phenolic OH excluding ortho intramolecular Hbond substituents is 1. The number of aromatic hydroxyl groups is 1. The molecule has 0 radical (unpaired) electrons. The molecular weight excluding hydrogens is 276 g/mol. The van der Waals surface area contributed by atoms with Crippen molar-refractivity contribution in [3.8, 4) is 5.75 Å². The van der Waals surface area contributed by atoms with Gasteiger partial charge in [0.15, 0.2) is 0 Å². The van der Waals surface area contributed by atoms with Crippen molar-refractivity contribution in [1.29, 1.82) is 0 Å². The van der Waals surface area contributed by atoms with Gasteiger partial charge in [-0.05, 0) is 12.3 Å². The van der Waals surface area contributed by atoms with Gasteiger partial charge in [-0.1, -0.05) is 13.8 Å². The number of anilines is 2. The molecule has 0 fully saturated rings. The minimum Gasteiger partial charge on any atom is -0.505 e. The molecule has 0 aromatic heterocycles. The maximum atomic E-state index is 11.8. The summed E-state index contributed by atoms with van der Waals surface area (Å²) < 4.78 is 0. The van der Waals surface area contributed by atoms with Crippen molar-refractivity contribution in [3.63, 3.8) is 0 Å². The Bertz CT molecular complexity index is 597. The first-order valence-electron chi connectivity index (χ1n) is 6.28. The zero-order chi connectivity index (χ0) is 15.1. The van der Waals surface area contributed by atoms with Crippen LogP contribution in [0.2, 0.25) is 0 Å². The summed E-state index contributed by atoms with van der Waals surface area (Å²) in [6.07, 6.45) is 2.18. The number of nitrogens with one attached hydrogen (secondary N) is 2. The Balaban J connectivity index is 2.70. The van der Waals surface area contributed by atoms with E-state index in [1.54, 1.807) is 6.07 Å². The number of fused-ring (bicyclic) bond motifs is 1. The van der Waals surface area contributed by atoms with E-state index in [2.05, 4.69) is 10.6 Å². The van der Waals surface area contributed by atoms with Crippen LogP contribution < -0.4 is 10.6 Å². The monoisotopic (exact) mass is 294 g/mol. The Kier molecular flexibility index (Phi) is 3.69. The molecular formula is C14H18N2O3S. The maximum Gasteiger partial charge on any atom is 0.225 e. The Morgan fingerprint density at radius 1 is 1.50 bits per heavy atom. The summed E-state index contributed by atoms with van der Waals surface area (Å²) in [6.45, 7) is 5.21. The molecule has 6 heteroatoms. The fraction of sp³-hybridized carbons (Fsp3) is 0.429. The van der Waals surface area contributed by atoms with Crippen molar-refractivity contribution < 1.29 is 14.7 Å². The van der Waals surface area contributed by atoms with E-state index in [0.29, 0.717) is 23.4 Å². The first kappa shape index (κ1) is 14.7. The molecule has 0 saturated heterocycles. The van der Waals surface area contributed by atoms with Crippen LogP contribution >= 0.6 is 11.8 Å². The second-order valence-corrected chi connectivity index (χ2v) is 6.36. The first-order valence-corrected chi connectivity index (χ1v) is 7.50. The minimum atomic E-state index is -0.485. The molecule has 3 N–H and O–H groups in total. The van der Waals surface area contributed by atoms with Gasteiger partial charge in [-0.15, -0.1) is 11.8 Å². The Labute approximate surface area is 122 Å². The Morgan fingerprint density at radius 2 is 2.15 bits per heavy atom. The van der Waals surface area contributed by atoms with E-state index in [4.69, 9.17) is 0 Å². The summed E-state index contributed by atoms with van der Waals surface area (Å²) in [4.78, 5) is 23.9. The molecule has 2 amide bonds. The van der Waals surface area contributed by atoms with Crippen molar-refractivity contribution in [1.82, 2.24) is 0 Å². The highest BCUT2D eigenvalue weighted by atomic mass is 32.2. The molecule has 2 rings (SSSR count). The largest absolute Gasteiger partial charge is 0.505 e. The van der Waals surface area contributed by atoms with Gasteiger partial charge in [-0.25, -0.2) is 0 Å². The molecule has 0 atom stereocenters. The van der Waals surface area contributed by atoms with E-state index in [0.717, 1.165) is 4.90 Å². The van der Waals surface area contributed by atoms with Crippen molar-refractivity contribution in [2.45, 2.75) is 37.5 Å². The molecule has 1 aliphatic heterocycles. The summed E-state index contributed by atoms with van der Waals surface area (Å²) in [5, 5.41) is 15.9.